The monoisotopic (exact) mass is 392 g/mol. The highest BCUT2D eigenvalue weighted by atomic mass is 16.5. The van der Waals surface area contributed by atoms with Gasteiger partial charge in [-0.1, -0.05) is 13.8 Å². The molecule has 0 radical (unpaired) electrons. The first kappa shape index (κ1) is 26.8. The van der Waals surface area contributed by atoms with Crippen molar-refractivity contribution in [2.45, 2.75) is 91.1 Å². The van der Waals surface area contributed by atoms with Gasteiger partial charge in [0.15, 0.2) is 0 Å². The van der Waals surface area contributed by atoms with Crippen LogP contribution >= 0.6 is 0 Å². The van der Waals surface area contributed by atoms with E-state index in [9.17, 15) is 10.2 Å². The molecule has 0 aromatic carbocycles. The van der Waals surface area contributed by atoms with Crippen molar-refractivity contribution in [1.82, 2.24) is 0 Å². The molecule has 1 unspecified atom stereocenters. The minimum Gasteiger partial charge on any atom is -0.394 e. The summed E-state index contributed by atoms with van der Waals surface area (Å²) >= 11 is 0. The highest BCUT2D eigenvalue weighted by Crippen LogP contribution is 2.20. The van der Waals surface area contributed by atoms with Gasteiger partial charge in [-0.2, -0.15) is 0 Å². The minimum absolute atomic E-state index is 0.0257. The highest BCUT2D eigenvalue weighted by molar-refractivity contribution is 4.74. The van der Waals surface area contributed by atoms with Gasteiger partial charge in [0.05, 0.1) is 49.3 Å². The molecule has 0 saturated carbocycles. The van der Waals surface area contributed by atoms with Gasteiger partial charge in [0.25, 0.3) is 0 Å². The molecule has 0 rings (SSSR count). The standard InChI is InChI=1S/C21H44O6/c1-17(2)14-26-21(7,8)16-24-11-9-18(13-22)27-19(3,4)10-12-25-20(5,6)15-23/h17-18,22-23H,9-16H2,1-8H3. The van der Waals surface area contributed by atoms with Gasteiger partial charge >= 0.3 is 0 Å². The van der Waals surface area contributed by atoms with E-state index in [2.05, 4.69) is 13.8 Å². The van der Waals surface area contributed by atoms with Crippen LogP contribution in [0.5, 0.6) is 0 Å². The average molecular weight is 393 g/mol. The van der Waals surface area contributed by atoms with Crippen LogP contribution in [0.2, 0.25) is 0 Å². The Labute approximate surface area is 166 Å². The maximum Gasteiger partial charge on any atom is 0.0859 e. The van der Waals surface area contributed by atoms with Crippen LogP contribution in [0.4, 0.5) is 0 Å². The van der Waals surface area contributed by atoms with E-state index in [-0.39, 0.29) is 24.9 Å². The lowest BCUT2D eigenvalue weighted by Crippen LogP contribution is -2.37. The fourth-order valence-corrected chi connectivity index (χ4v) is 2.28. The van der Waals surface area contributed by atoms with Gasteiger partial charge in [-0.25, -0.2) is 0 Å². The molecule has 0 aliphatic heterocycles. The van der Waals surface area contributed by atoms with Crippen LogP contribution in [0, 0.1) is 5.92 Å². The number of aliphatic hydroxyl groups is 2. The number of ether oxygens (including phenoxy) is 4. The van der Waals surface area contributed by atoms with E-state index in [1.54, 1.807) is 0 Å². The summed E-state index contributed by atoms with van der Waals surface area (Å²) in [5.41, 5.74) is -1.31. The number of hydrogen-bond donors (Lipinski definition) is 2. The topological polar surface area (TPSA) is 77.4 Å². The normalized spacial score (nSPS) is 14.8. The van der Waals surface area contributed by atoms with Crippen molar-refractivity contribution in [2.24, 2.45) is 5.92 Å². The molecule has 0 saturated heterocycles. The Hall–Kier alpha value is -0.240. The summed E-state index contributed by atoms with van der Waals surface area (Å²) in [6.45, 7) is 18.1. The molecule has 0 amide bonds. The Bertz CT molecular complexity index is 379. The van der Waals surface area contributed by atoms with Crippen LogP contribution in [0.25, 0.3) is 0 Å². The number of hydrogen-bond acceptors (Lipinski definition) is 6. The lowest BCUT2D eigenvalue weighted by molar-refractivity contribution is -0.129. The van der Waals surface area contributed by atoms with Gasteiger partial charge in [0.1, 0.15) is 0 Å². The van der Waals surface area contributed by atoms with E-state index in [0.717, 1.165) is 0 Å². The molecule has 164 valence electrons. The zero-order valence-electron chi connectivity index (χ0n) is 18.8. The second kappa shape index (κ2) is 12.3. The third kappa shape index (κ3) is 14.4. The van der Waals surface area contributed by atoms with Crippen molar-refractivity contribution in [3.8, 4) is 0 Å². The van der Waals surface area contributed by atoms with Gasteiger partial charge in [0.2, 0.25) is 0 Å². The fourth-order valence-electron chi connectivity index (χ4n) is 2.28. The van der Waals surface area contributed by atoms with Crippen LogP contribution in [0.1, 0.15) is 68.2 Å². The third-order valence-electron chi connectivity index (χ3n) is 4.11. The zero-order chi connectivity index (χ0) is 21.1. The van der Waals surface area contributed by atoms with E-state index in [0.29, 0.717) is 45.2 Å². The predicted octanol–water partition coefficient (Wildman–Crippen LogP) is 3.18. The molecule has 6 heteroatoms. The summed E-state index contributed by atoms with van der Waals surface area (Å²) in [5.74, 6) is 0.491. The van der Waals surface area contributed by atoms with Crippen molar-refractivity contribution < 1.29 is 29.2 Å². The minimum atomic E-state index is -0.551. The Morgan fingerprint density at radius 1 is 0.815 bits per heavy atom. The summed E-state index contributed by atoms with van der Waals surface area (Å²) in [6.07, 6.45) is 0.998. The Morgan fingerprint density at radius 3 is 1.96 bits per heavy atom. The van der Waals surface area contributed by atoms with Crippen molar-refractivity contribution in [3.05, 3.63) is 0 Å². The third-order valence-corrected chi connectivity index (χ3v) is 4.11. The Balaban J connectivity index is 4.18. The lowest BCUT2D eigenvalue weighted by atomic mass is 10.0. The lowest BCUT2D eigenvalue weighted by Gasteiger charge is -2.32. The van der Waals surface area contributed by atoms with E-state index >= 15 is 0 Å². The van der Waals surface area contributed by atoms with Crippen LogP contribution in [0.15, 0.2) is 0 Å². The predicted molar refractivity (Wildman–Crippen MR) is 108 cm³/mol. The molecule has 0 fully saturated rings. The molecule has 1 atom stereocenters. The molecule has 0 heterocycles. The molecule has 0 aromatic heterocycles. The SMILES string of the molecule is CC(C)COC(C)(C)COCCC(CO)OC(C)(C)CCOC(C)(C)CO. The molecule has 0 aliphatic rings. The molecule has 0 spiro atoms. The van der Waals surface area contributed by atoms with Gasteiger partial charge in [-0.3, -0.25) is 0 Å². The van der Waals surface area contributed by atoms with Crippen LogP contribution < -0.4 is 0 Å². The highest BCUT2D eigenvalue weighted by Gasteiger charge is 2.26. The molecule has 6 nitrogen and oxygen atoms in total. The molecule has 27 heavy (non-hydrogen) atoms. The Kier molecular flexibility index (Phi) is 12.2. The van der Waals surface area contributed by atoms with Gasteiger partial charge < -0.3 is 29.2 Å². The number of aliphatic hydroxyl groups excluding tert-OH is 2. The molecule has 0 aliphatic carbocycles. The van der Waals surface area contributed by atoms with Crippen LogP contribution in [0.3, 0.4) is 0 Å². The average Bonchev–Trinajstić information content (AvgIpc) is 2.55. The largest absolute Gasteiger partial charge is 0.394 e. The summed E-state index contributed by atoms with van der Waals surface area (Å²) in [6, 6.07) is 0. The van der Waals surface area contributed by atoms with E-state index in [1.807, 2.05) is 41.5 Å². The fraction of sp³-hybridized carbons (Fsp3) is 1.00. The first-order chi connectivity index (χ1) is 12.3. The molecular formula is C21H44O6. The van der Waals surface area contributed by atoms with Crippen LogP contribution in [-0.2, 0) is 18.9 Å². The van der Waals surface area contributed by atoms with Crippen molar-refractivity contribution in [2.75, 3.05) is 39.6 Å². The first-order valence-electron chi connectivity index (χ1n) is 10.1. The first-order valence-corrected chi connectivity index (χ1v) is 10.1. The van der Waals surface area contributed by atoms with Crippen molar-refractivity contribution in [1.29, 1.82) is 0 Å². The van der Waals surface area contributed by atoms with Gasteiger partial charge in [0, 0.05) is 13.2 Å². The van der Waals surface area contributed by atoms with Gasteiger partial charge in [-0.05, 0) is 60.3 Å². The van der Waals surface area contributed by atoms with E-state index < -0.39 is 11.2 Å². The Morgan fingerprint density at radius 2 is 1.44 bits per heavy atom. The van der Waals surface area contributed by atoms with Crippen molar-refractivity contribution >= 4 is 0 Å². The zero-order valence-corrected chi connectivity index (χ0v) is 18.8. The summed E-state index contributed by atoms with van der Waals surface area (Å²) < 4.78 is 23.3. The molecule has 0 aromatic rings. The van der Waals surface area contributed by atoms with Crippen LogP contribution in [-0.4, -0.2) is 72.8 Å². The molecule has 0 bridgehead atoms. The van der Waals surface area contributed by atoms with E-state index in [1.165, 1.54) is 0 Å². The summed E-state index contributed by atoms with van der Waals surface area (Å²) in [4.78, 5) is 0. The quantitative estimate of drug-likeness (QED) is 0.393. The molecule has 2 N–H and O–H groups in total. The maximum atomic E-state index is 9.62. The van der Waals surface area contributed by atoms with Crippen molar-refractivity contribution in [3.63, 3.8) is 0 Å². The van der Waals surface area contributed by atoms with E-state index in [4.69, 9.17) is 18.9 Å². The van der Waals surface area contributed by atoms with Gasteiger partial charge in [-0.15, -0.1) is 0 Å². The maximum absolute atomic E-state index is 9.62. The summed E-state index contributed by atoms with van der Waals surface area (Å²) in [7, 11) is 0. The molecular weight excluding hydrogens is 348 g/mol. The summed E-state index contributed by atoms with van der Waals surface area (Å²) in [5, 5.41) is 18.9. The second-order valence-electron chi connectivity index (χ2n) is 9.50. The number of rotatable bonds is 16. The smallest absolute Gasteiger partial charge is 0.0859 e. The second-order valence-corrected chi connectivity index (χ2v) is 9.50.